The lowest BCUT2D eigenvalue weighted by atomic mass is 10.2. The van der Waals surface area contributed by atoms with Crippen LogP contribution in [0.4, 0.5) is 5.69 Å². The second kappa shape index (κ2) is 6.88. The first-order chi connectivity index (χ1) is 9.18. The van der Waals surface area contributed by atoms with Crippen molar-refractivity contribution in [1.82, 2.24) is 10.2 Å². The van der Waals surface area contributed by atoms with E-state index in [4.69, 9.17) is 10.5 Å². The molecule has 6 heteroatoms. The number of hydrogen-bond acceptors (Lipinski definition) is 4. The lowest BCUT2D eigenvalue weighted by Gasteiger charge is -2.26. The fourth-order valence-corrected chi connectivity index (χ4v) is 2.42. The molecule has 1 heterocycles. The maximum Gasteiger partial charge on any atom is 0.252 e. The third-order valence-electron chi connectivity index (χ3n) is 3.09. The molecular weight excluding hydrogens is 310 g/mol. The van der Waals surface area contributed by atoms with Crippen molar-refractivity contribution in [3.8, 4) is 0 Å². The van der Waals surface area contributed by atoms with Gasteiger partial charge in [0.25, 0.3) is 5.91 Å². The Balaban J connectivity index is 1.82. The minimum Gasteiger partial charge on any atom is -0.398 e. The number of nitrogen functional groups attached to an aromatic ring is 1. The molecule has 19 heavy (non-hydrogen) atoms. The number of benzene rings is 1. The standard InChI is InChI=1S/C13H18BrN3O2/c14-12-10(2-1-3-11(12)15)13(18)16-4-5-17-6-8-19-9-7-17/h1-3H,4-9,15H2,(H,16,18). The number of hydrogen-bond donors (Lipinski definition) is 2. The summed E-state index contributed by atoms with van der Waals surface area (Å²) in [4.78, 5) is 14.3. The lowest BCUT2D eigenvalue weighted by Crippen LogP contribution is -2.41. The maximum absolute atomic E-state index is 12.0. The molecule has 1 aromatic carbocycles. The minimum atomic E-state index is -0.104. The summed E-state index contributed by atoms with van der Waals surface area (Å²) < 4.78 is 5.93. The van der Waals surface area contributed by atoms with Crippen LogP contribution in [-0.4, -0.2) is 50.2 Å². The van der Waals surface area contributed by atoms with Crippen molar-refractivity contribution >= 4 is 27.5 Å². The summed E-state index contributed by atoms with van der Waals surface area (Å²) in [5.74, 6) is -0.104. The molecule has 3 N–H and O–H groups in total. The van der Waals surface area contributed by atoms with Crippen LogP contribution in [0.2, 0.25) is 0 Å². The third-order valence-corrected chi connectivity index (χ3v) is 3.98. The van der Waals surface area contributed by atoms with Crippen molar-refractivity contribution in [3.05, 3.63) is 28.2 Å². The quantitative estimate of drug-likeness (QED) is 0.812. The van der Waals surface area contributed by atoms with Gasteiger partial charge in [-0.3, -0.25) is 9.69 Å². The van der Waals surface area contributed by atoms with Gasteiger partial charge in [-0.25, -0.2) is 0 Å². The van der Waals surface area contributed by atoms with Gasteiger partial charge in [0.2, 0.25) is 0 Å². The third kappa shape index (κ3) is 3.92. The Morgan fingerprint density at radius 3 is 2.89 bits per heavy atom. The number of halogens is 1. The van der Waals surface area contributed by atoms with E-state index in [2.05, 4.69) is 26.1 Å². The highest BCUT2D eigenvalue weighted by atomic mass is 79.9. The van der Waals surface area contributed by atoms with E-state index in [0.29, 0.717) is 22.3 Å². The molecule has 1 fully saturated rings. The first kappa shape index (κ1) is 14.3. The molecule has 0 radical (unpaired) electrons. The molecule has 1 aromatic rings. The average Bonchev–Trinajstić information content (AvgIpc) is 2.43. The monoisotopic (exact) mass is 327 g/mol. The van der Waals surface area contributed by atoms with Crippen molar-refractivity contribution in [2.75, 3.05) is 45.1 Å². The summed E-state index contributed by atoms with van der Waals surface area (Å²) in [6, 6.07) is 5.29. The normalized spacial score (nSPS) is 16.3. The van der Waals surface area contributed by atoms with Crippen LogP contribution in [-0.2, 0) is 4.74 Å². The second-order valence-electron chi connectivity index (χ2n) is 4.42. The topological polar surface area (TPSA) is 67.6 Å². The number of rotatable bonds is 4. The molecule has 0 bridgehead atoms. The van der Waals surface area contributed by atoms with Crippen LogP contribution in [0.15, 0.2) is 22.7 Å². The SMILES string of the molecule is Nc1cccc(C(=O)NCCN2CCOCC2)c1Br. The number of ether oxygens (including phenoxy) is 1. The zero-order valence-electron chi connectivity index (χ0n) is 10.7. The molecule has 5 nitrogen and oxygen atoms in total. The van der Waals surface area contributed by atoms with Gasteiger partial charge >= 0.3 is 0 Å². The Labute approximate surface area is 121 Å². The van der Waals surface area contributed by atoms with E-state index in [0.717, 1.165) is 32.8 Å². The highest BCUT2D eigenvalue weighted by molar-refractivity contribution is 9.10. The van der Waals surface area contributed by atoms with Crippen molar-refractivity contribution in [3.63, 3.8) is 0 Å². The Kier molecular flexibility index (Phi) is 5.18. The van der Waals surface area contributed by atoms with Crippen LogP contribution in [0.1, 0.15) is 10.4 Å². The Morgan fingerprint density at radius 2 is 2.16 bits per heavy atom. The van der Waals surface area contributed by atoms with E-state index >= 15 is 0 Å². The van der Waals surface area contributed by atoms with Crippen molar-refractivity contribution in [1.29, 1.82) is 0 Å². The highest BCUT2D eigenvalue weighted by Crippen LogP contribution is 2.23. The zero-order valence-corrected chi connectivity index (χ0v) is 12.3. The highest BCUT2D eigenvalue weighted by Gasteiger charge is 2.13. The van der Waals surface area contributed by atoms with E-state index < -0.39 is 0 Å². The molecule has 0 saturated carbocycles. The Bertz CT molecular complexity index is 448. The maximum atomic E-state index is 12.0. The molecule has 2 rings (SSSR count). The predicted octanol–water partition coefficient (Wildman–Crippen LogP) is 1.09. The fraction of sp³-hybridized carbons (Fsp3) is 0.462. The van der Waals surface area contributed by atoms with Crippen LogP contribution in [0.5, 0.6) is 0 Å². The van der Waals surface area contributed by atoms with Gasteiger partial charge in [-0.2, -0.15) is 0 Å². The molecule has 104 valence electrons. The summed E-state index contributed by atoms with van der Waals surface area (Å²) in [6.45, 7) is 4.87. The van der Waals surface area contributed by atoms with Gasteiger partial charge in [-0.15, -0.1) is 0 Å². The van der Waals surface area contributed by atoms with Crippen molar-refractivity contribution in [2.24, 2.45) is 0 Å². The van der Waals surface area contributed by atoms with E-state index in [1.807, 2.05) is 0 Å². The van der Waals surface area contributed by atoms with Crippen LogP contribution < -0.4 is 11.1 Å². The molecule has 0 aromatic heterocycles. The molecule has 0 spiro atoms. The molecule has 1 aliphatic heterocycles. The van der Waals surface area contributed by atoms with E-state index in [1.54, 1.807) is 18.2 Å². The van der Waals surface area contributed by atoms with Crippen molar-refractivity contribution < 1.29 is 9.53 Å². The number of nitrogens with zero attached hydrogens (tertiary/aromatic N) is 1. The van der Waals surface area contributed by atoms with Crippen LogP contribution in [0, 0.1) is 0 Å². The van der Waals surface area contributed by atoms with E-state index in [1.165, 1.54) is 0 Å². The number of carbonyl (C=O) groups excluding carboxylic acids is 1. The minimum absolute atomic E-state index is 0.104. The van der Waals surface area contributed by atoms with E-state index in [9.17, 15) is 4.79 Å². The molecule has 0 unspecified atom stereocenters. The summed E-state index contributed by atoms with van der Waals surface area (Å²) in [7, 11) is 0. The first-order valence-corrected chi connectivity index (χ1v) is 7.10. The lowest BCUT2D eigenvalue weighted by molar-refractivity contribution is 0.0383. The van der Waals surface area contributed by atoms with Gasteiger partial charge in [0.05, 0.1) is 23.2 Å². The number of nitrogens with two attached hydrogens (primary N) is 1. The summed E-state index contributed by atoms with van der Waals surface area (Å²) in [5.41, 5.74) is 6.90. The molecule has 0 atom stereocenters. The summed E-state index contributed by atoms with van der Waals surface area (Å²) in [6.07, 6.45) is 0. The number of amides is 1. The van der Waals surface area contributed by atoms with Gasteiger partial charge in [-0.1, -0.05) is 6.07 Å². The molecule has 1 amide bonds. The second-order valence-corrected chi connectivity index (χ2v) is 5.21. The summed E-state index contributed by atoms with van der Waals surface area (Å²) in [5, 5.41) is 2.91. The fourth-order valence-electron chi connectivity index (χ4n) is 1.97. The Morgan fingerprint density at radius 1 is 1.42 bits per heavy atom. The summed E-state index contributed by atoms with van der Waals surface area (Å²) >= 11 is 3.34. The number of nitrogens with one attached hydrogen (secondary N) is 1. The van der Waals surface area contributed by atoms with Crippen LogP contribution >= 0.6 is 15.9 Å². The van der Waals surface area contributed by atoms with Gasteiger partial charge in [0.1, 0.15) is 0 Å². The van der Waals surface area contributed by atoms with E-state index in [-0.39, 0.29) is 5.91 Å². The Hall–Kier alpha value is -1.11. The van der Waals surface area contributed by atoms with Gasteiger partial charge in [-0.05, 0) is 28.1 Å². The van der Waals surface area contributed by atoms with Crippen molar-refractivity contribution in [2.45, 2.75) is 0 Å². The first-order valence-electron chi connectivity index (χ1n) is 6.31. The van der Waals surface area contributed by atoms with Crippen LogP contribution in [0.3, 0.4) is 0 Å². The molecule has 1 aliphatic rings. The van der Waals surface area contributed by atoms with Gasteiger partial charge < -0.3 is 15.8 Å². The number of anilines is 1. The molecular formula is C13H18BrN3O2. The smallest absolute Gasteiger partial charge is 0.252 e. The molecule has 1 saturated heterocycles. The number of carbonyl (C=O) groups is 1. The van der Waals surface area contributed by atoms with Gasteiger partial charge in [0.15, 0.2) is 0 Å². The van der Waals surface area contributed by atoms with Crippen LogP contribution in [0.25, 0.3) is 0 Å². The number of morpholine rings is 1. The largest absolute Gasteiger partial charge is 0.398 e. The molecule has 0 aliphatic carbocycles. The van der Waals surface area contributed by atoms with Gasteiger partial charge in [0, 0.05) is 31.9 Å². The zero-order chi connectivity index (χ0) is 13.7. The predicted molar refractivity (Wildman–Crippen MR) is 78.1 cm³/mol. The average molecular weight is 328 g/mol.